The van der Waals surface area contributed by atoms with Gasteiger partial charge in [0.15, 0.2) is 0 Å². The average Bonchev–Trinajstić information content (AvgIpc) is 2.88. The smallest absolute Gasteiger partial charge is 0.255 e. The second-order valence-electron chi connectivity index (χ2n) is 5.91. The minimum absolute atomic E-state index is 0.133. The van der Waals surface area contributed by atoms with Crippen molar-refractivity contribution in [3.63, 3.8) is 0 Å². The van der Waals surface area contributed by atoms with Gasteiger partial charge in [0, 0.05) is 31.5 Å². The molecule has 0 atom stereocenters. The molecule has 1 spiro atoms. The average molecular weight is 259 g/mol. The lowest BCUT2D eigenvalue weighted by molar-refractivity contribution is 0.0607. The molecule has 0 bridgehead atoms. The number of hydrogen-bond donors (Lipinski definition) is 1. The Morgan fingerprint density at radius 3 is 2.68 bits per heavy atom. The van der Waals surface area contributed by atoms with E-state index in [1.807, 2.05) is 24.0 Å². The summed E-state index contributed by atoms with van der Waals surface area (Å²) in [6.07, 6.45) is 5.22. The van der Waals surface area contributed by atoms with Crippen LogP contribution in [0.1, 0.15) is 35.3 Å². The summed E-state index contributed by atoms with van der Waals surface area (Å²) in [7, 11) is 0. The van der Waals surface area contributed by atoms with Crippen molar-refractivity contribution in [2.24, 2.45) is 5.41 Å². The fourth-order valence-corrected chi connectivity index (χ4v) is 3.18. The molecule has 1 aromatic heterocycles. The normalized spacial score (nSPS) is 21.8. The predicted molar refractivity (Wildman–Crippen MR) is 74.0 cm³/mol. The highest BCUT2D eigenvalue weighted by Crippen LogP contribution is 2.37. The van der Waals surface area contributed by atoms with Crippen molar-refractivity contribution in [2.45, 2.75) is 26.2 Å². The van der Waals surface area contributed by atoms with Crippen molar-refractivity contribution in [1.82, 2.24) is 15.2 Å². The zero-order chi connectivity index (χ0) is 13.3. The molecule has 1 aromatic rings. The van der Waals surface area contributed by atoms with Crippen molar-refractivity contribution >= 4 is 5.91 Å². The third-order valence-corrected chi connectivity index (χ3v) is 4.60. The lowest BCUT2D eigenvalue weighted by atomic mass is 9.78. The summed E-state index contributed by atoms with van der Waals surface area (Å²) in [5.41, 5.74) is 2.12. The summed E-state index contributed by atoms with van der Waals surface area (Å²) in [6.45, 7) is 5.96. The Morgan fingerprint density at radius 1 is 1.32 bits per heavy atom. The molecule has 0 aliphatic carbocycles. The van der Waals surface area contributed by atoms with Gasteiger partial charge >= 0.3 is 0 Å². The van der Waals surface area contributed by atoms with E-state index in [1.54, 1.807) is 6.20 Å². The summed E-state index contributed by atoms with van der Waals surface area (Å²) in [5.74, 6) is 0.133. The van der Waals surface area contributed by atoms with E-state index in [0.29, 0.717) is 11.0 Å². The molecule has 19 heavy (non-hydrogen) atoms. The maximum Gasteiger partial charge on any atom is 0.255 e. The zero-order valence-corrected chi connectivity index (χ0v) is 11.5. The van der Waals surface area contributed by atoms with Crippen molar-refractivity contribution in [2.75, 3.05) is 26.2 Å². The maximum atomic E-state index is 12.4. The Morgan fingerprint density at radius 2 is 2.11 bits per heavy atom. The Kier molecular flexibility index (Phi) is 3.27. The molecule has 1 N–H and O–H groups in total. The van der Waals surface area contributed by atoms with Crippen LogP contribution in [0.15, 0.2) is 18.3 Å². The van der Waals surface area contributed by atoms with Crippen LogP contribution in [0.25, 0.3) is 0 Å². The molecule has 0 unspecified atom stereocenters. The van der Waals surface area contributed by atoms with Gasteiger partial charge in [-0.1, -0.05) is 0 Å². The minimum Gasteiger partial charge on any atom is -0.339 e. The molecule has 102 valence electrons. The molecule has 2 fully saturated rings. The van der Waals surface area contributed by atoms with Gasteiger partial charge in [0.25, 0.3) is 5.91 Å². The molecule has 0 saturated carbocycles. The Labute approximate surface area is 114 Å². The number of nitrogens with zero attached hydrogens (tertiary/aromatic N) is 2. The second kappa shape index (κ2) is 4.93. The summed E-state index contributed by atoms with van der Waals surface area (Å²) >= 11 is 0. The summed E-state index contributed by atoms with van der Waals surface area (Å²) in [4.78, 5) is 18.6. The number of rotatable bonds is 1. The quantitative estimate of drug-likeness (QED) is 0.833. The molecule has 3 rings (SSSR count). The monoisotopic (exact) mass is 259 g/mol. The van der Waals surface area contributed by atoms with E-state index < -0.39 is 0 Å². The van der Waals surface area contributed by atoms with Crippen LogP contribution in [0, 0.1) is 12.3 Å². The Hall–Kier alpha value is -1.42. The SMILES string of the molecule is Cc1ccc(C(=O)N2CCC3(CCNC3)CC2)cn1. The Bertz CT molecular complexity index is 453. The van der Waals surface area contributed by atoms with E-state index in [1.165, 1.54) is 6.42 Å². The van der Waals surface area contributed by atoms with Gasteiger partial charge in [0.05, 0.1) is 5.56 Å². The van der Waals surface area contributed by atoms with E-state index in [-0.39, 0.29) is 5.91 Å². The molecular formula is C15H21N3O. The number of aryl methyl sites for hydroxylation is 1. The molecule has 4 nitrogen and oxygen atoms in total. The van der Waals surface area contributed by atoms with Gasteiger partial charge < -0.3 is 10.2 Å². The maximum absolute atomic E-state index is 12.4. The third-order valence-electron chi connectivity index (χ3n) is 4.60. The molecule has 1 amide bonds. The van der Waals surface area contributed by atoms with Gasteiger partial charge in [-0.05, 0) is 50.3 Å². The summed E-state index contributed by atoms with van der Waals surface area (Å²) in [5, 5.41) is 3.45. The number of carbonyl (C=O) groups excluding carboxylic acids is 1. The van der Waals surface area contributed by atoms with Crippen LogP contribution in [0.3, 0.4) is 0 Å². The summed E-state index contributed by atoms with van der Waals surface area (Å²) in [6, 6.07) is 3.78. The number of likely N-dealkylation sites (tertiary alicyclic amines) is 1. The number of piperidine rings is 1. The molecule has 2 saturated heterocycles. The molecule has 0 aromatic carbocycles. The molecule has 2 aliphatic rings. The lowest BCUT2D eigenvalue weighted by Gasteiger charge is -2.38. The fourth-order valence-electron chi connectivity index (χ4n) is 3.18. The number of amides is 1. The minimum atomic E-state index is 0.133. The second-order valence-corrected chi connectivity index (χ2v) is 5.91. The topological polar surface area (TPSA) is 45.2 Å². The number of nitrogens with one attached hydrogen (secondary N) is 1. The molecule has 4 heteroatoms. The fraction of sp³-hybridized carbons (Fsp3) is 0.600. The van der Waals surface area contributed by atoms with Crippen molar-refractivity contribution < 1.29 is 4.79 Å². The zero-order valence-electron chi connectivity index (χ0n) is 11.5. The van der Waals surface area contributed by atoms with Gasteiger partial charge in [-0.3, -0.25) is 9.78 Å². The number of hydrogen-bond acceptors (Lipinski definition) is 3. The van der Waals surface area contributed by atoms with Crippen LogP contribution in [0.2, 0.25) is 0 Å². The van der Waals surface area contributed by atoms with E-state index in [0.717, 1.165) is 44.7 Å². The predicted octanol–water partition coefficient (Wildman–Crippen LogP) is 1.61. The van der Waals surface area contributed by atoms with Crippen LogP contribution in [-0.2, 0) is 0 Å². The Balaban J connectivity index is 1.64. The summed E-state index contributed by atoms with van der Waals surface area (Å²) < 4.78 is 0. The van der Waals surface area contributed by atoms with Crippen LogP contribution in [-0.4, -0.2) is 42.0 Å². The molecule has 2 aliphatic heterocycles. The van der Waals surface area contributed by atoms with Crippen LogP contribution < -0.4 is 5.32 Å². The van der Waals surface area contributed by atoms with Gasteiger partial charge in [-0.25, -0.2) is 0 Å². The highest BCUT2D eigenvalue weighted by Gasteiger charge is 2.38. The van der Waals surface area contributed by atoms with Crippen molar-refractivity contribution in [1.29, 1.82) is 0 Å². The first-order valence-electron chi connectivity index (χ1n) is 7.11. The third kappa shape index (κ3) is 2.50. The van der Waals surface area contributed by atoms with Gasteiger partial charge in [0.2, 0.25) is 0 Å². The number of pyridine rings is 1. The van der Waals surface area contributed by atoms with E-state index in [9.17, 15) is 4.79 Å². The first kappa shape index (κ1) is 12.6. The lowest BCUT2D eigenvalue weighted by Crippen LogP contribution is -2.44. The number of aromatic nitrogens is 1. The largest absolute Gasteiger partial charge is 0.339 e. The van der Waals surface area contributed by atoms with E-state index >= 15 is 0 Å². The van der Waals surface area contributed by atoms with Crippen molar-refractivity contribution in [3.05, 3.63) is 29.6 Å². The van der Waals surface area contributed by atoms with E-state index in [2.05, 4.69) is 10.3 Å². The molecule has 3 heterocycles. The van der Waals surface area contributed by atoms with Crippen molar-refractivity contribution in [3.8, 4) is 0 Å². The molecular weight excluding hydrogens is 238 g/mol. The van der Waals surface area contributed by atoms with Crippen LogP contribution in [0.5, 0.6) is 0 Å². The standard InChI is InChI=1S/C15H21N3O/c1-12-2-3-13(10-17-12)14(19)18-8-5-15(6-9-18)4-7-16-11-15/h2-3,10,16H,4-9,11H2,1H3. The number of carbonyl (C=O) groups is 1. The van der Waals surface area contributed by atoms with Gasteiger partial charge in [-0.15, -0.1) is 0 Å². The first-order valence-corrected chi connectivity index (χ1v) is 7.11. The highest BCUT2D eigenvalue weighted by molar-refractivity contribution is 5.94. The van der Waals surface area contributed by atoms with Crippen LogP contribution >= 0.6 is 0 Å². The van der Waals surface area contributed by atoms with Crippen LogP contribution in [0.4, 0.5) is 0 Å². The molecule has 0 radical (unpaired) electrons. The van der Waals surface area contributed by atoms with Gasteiger partial charge in [-0.2, -0.15) is 0 Å². The van der Waals surface area contributed by atoms with E-state index in [4.69, 9.17) is 0 Å². The first-order chi connectivity index (χ1) is 9.19. The highest BCUT2D eigenvalue weighted by atomic mass is 16.2. The van der Waals surface area contributed by atoms with Gasteiger partial charge in [0.1, 0.15) is 0 Å².